The van der Waals surface area contributed by atoms with Gasteiger partial charge in [-0.15, -0.1) is 10.2 Å². The zero-order chi connectivity index (χ0) is 25.5. The number of ether oxygens (including phenoxy) is 2. The molecule has 3 aromatic carbocycles. The van der Waals surface area contributed by atoms with Crippen molar-refractivity contribution in [3.05, 3.63) is 83.4 Å². The standard InChI is InChI=1S/C26H23ClN4O4S/c1-3-35-22-14-12-21(13-15-22)31-24(17-4-8-19(27)9-5-17)29-30-26(31)36-16-23(32)28-20-10-6-18(7-11-20)25(33)34-2/h4-15H,3,16H2,1-2H3,(H,28,32). The summed E-state index contributed by atoms with van der Waals surface area (Å²) in [6.07, 6.45) is 0. The van der Waals surface area contributed by atoms with Crippen LogP contribution in [0.2, 0.25) is 5.02 Å². The Hall–Kier alpha value is -3.82. The van der Waals surface area contributed by atoms with E-state index in [0.717, 1.165) is 17.0 Å². The van der Waals surface area contributed by atoms with Crippen LogP contribution in [0.25, 0.3) is 17.1 Å². The summed E-state index contributed by atoms with van der Waals surface area (Å²) in [4.78, 5) is 24.2. The molecule has 36 heavy (non-hydrogen) atoms. The fourth-order valence-electron chi connectivity index (χ4n) is 3.37. The number of aromatic nitrogens is 3. The number of hydrogen-bond acceptors (Lipinski definition) is 7. The molecule has 0 saturated carbocycles. The number of nitrogens with one attached hydrogen (secondary N) is 1. The second-order valence-electron chi connectivity index (χ2n) is 7.48. The minimum atomic E-state index is -0.437. The number of esters is 1. The first-order chi connectivity index (χ1) is 17.5. The molecule has 1 aromatic heterocycles. The molecular weight excluding hydrogens is 500 g/mol. The molecule has 0 unspecified atom stereocenters. The second-order valence-corrected chi connectivity index (χ2v) is 8.86. The minimum absolute atomic E-state index is 0.106. The van der Waals surface area contributed by atoms with Gasteiger partial charge >= 0.3 is 5.97 Å². The molecule has 0 atom stereocenters. The smallest absolute Gasteiger partial charge is 0.337 e. The van der Waals surface area contributed by atoms with E-state index in [9.17, 15) is 9.59 Å². The molecule has 0 aliphatic rings. The predicted molar refractivity (Wildman–Crippen MR) is 140 cm³/mol. The molecule has 0 aliphatic carbocycles. The lowest BCUT2D eigenvalue weighted by atomic mass is 10.2. The van der Waals surface area contributed by atoms with Crippen molar-refractivity contribution in [1.82, 2.24) is 14.8 Å². The summed E-state index contributed by atoms with van der Waals surface area (Å²) in [6.45, 7) is 2.50. The number of hydrogen-bond donors (Lipinski definition) is 1. The first-order valence-corrected chi connectivity index (χ1v) is 12.4. The maximum atomic E-state index is 12.6. The highest BCUT2D eigenvalue weighted by atomic mass is 35.5. The largest absolute Gasteiger partial charge is 0.494 e. The minimum Gasteiger partial charge on any atom is -0.494 e. The molecule has 0 spiro atoms. The normalized spacial score (nSPS) is 10.6. The third-order valence-corrected chi connectivity index (χ3v) is 6.24. The third-order valence-electron chi connectivity index (χ3n) is 5.06. The van der Waals surface area contributed by atoms with Gasteiger partial charge in [0.05, 0.1) is 25.0 Å². The SMILES string of the molecule is CCOc1ccc(-n2c(SCC(=O)Nc3ccc(C(=O)OC)cc3)nnc2-c2ccc(Cl)cc2)cc1. The lowest BCUT2D eigenvalue weighted by Crippen LogP contribution is -2.14. The predicted octanol–water partition coefficient (Wildman–Crippen LogP) is 5.50. The number of rotatable bonds is 9. The van der Waals surface area contributed by atoms with Gasteiger partial charge in [-0.2, -0.15) is 0 Å². The number of thioether (sulfide) groups is 1. The summed E-state index contributed by atoms with van der Waals surface area (Å²) in [5, 5.41) is 12.7. The number of amides is 1. The van der Waals surface area contributed by atoms with Gasteiger partial charge in [-0.05, 0) is 79.7 Å². The number of carbonyl (C=O) groups excluding carboxylic acids is 2. The van der Waals surface area contributed by atoms with Crippen molar-refractivity contribution in [1.29, 1.82) is 0 Å². The molecule has 0 saturated heterocycles. The molecule has 0 fully saturated rings. The topological polar surface area (TPSA) is 95.3 Å². The number of benzene rings is 3. The number of anilines is 1. The third kappa shape index (κ3) is 6.05. The molecule has 1 heterocycles. The van der Waals surface area contributed by atoms with Crippen LogP contribution in [0.15, 0.2) is 78.0 Å². The second kappa shape index (κ2) is 11.7. The molecule has 184 valence electrons. The molecule has 8 nitrogen and oxygen atoms in total. The summed E-state index contributed by atoms with van der Waals surface area (Å²) in [7, 11) is 1.32. The summed E-state index contributed by atoms with van der Waals surface area (Å²) >= 11 is 7.32. The van der Waals surface area contributed by atoms with E-state index in [1.807, 2.05) is 47.9 Å². The summed E-state index contributed by atoms with van der Waals surface area (Å²) in [6, 6.07) is 21.4. The summed E-state index contributed by atoms with van der Waals surface area (Å²) < 4.78 is 12.1. The maximum Gasteiger partial charge on any atom is 0.337 e. The van der Waals surface area contributed by atoms with E-state index >= 15 is 0 Å². The highest BCUT2D eigenvalue weighted by Gasteiger charge is 2.18. The Kier molecular flexibility index (Phi) is 8.24. The molecule has 4 aromatic rings. The molecule has 1 amide bonds. The van der Waals surface area contributed by atoms with Crippen molar-refractivity contribution in [3.8, 4) is 22.8 Å². The van der Waals surface area contributed by atoms with Gasteiger partial charge in [-0.1, -0.05) is 23.4 Å². The number of nitrogens with zero attached hydrogens (tertiary/aromatic N) is 3. The van der Waals surface area contributed by atoms with Crippen LogP contribution < -0.4 is 10.1 Å². The van der Waals surface area contributed by atoms with E-state index in [1.54, 1.807) is 36.4 Å². The van der Waals surface area contributed by atoms with Crippen molar-refractivity contribution >= 4 is 40.9 Å². The molecule has 0 bridgehead atoms. The fraction of sp³-hybridized carbons (Fsp3) is 0.154. The Morgan fingerprint density at radius 2 is 1.67 bits per heavy atom. The van der Waals surface area contributed by atoms with Crippen LogP contribution in [0.5, 0.6) is 5.75 Å². The zero-order valence-corrected chi connectivity index (χ0v) is 21.2. The van der Waals surface area contributed by atoms with Crippen LogP contribution in [0, 0.1) is 0 Å². The highest BCUT2D eigenvalue weighted by molar-refractivity contribution is 7.99. The first kappa shape index (κ1) is 25.3. The van der Waals surface area contributed by atoms with E-state index in [-0.39, 0.29) is 11.7 Å². The van der Waals surface area contributed by atoms with Crippen molar-refractivity contribution < 1.29 is 19.1 Å². The van der Waals surface area contributed by atoms with Gasteiger partial charge in [0.25, 0.3) is 0 Å². The van der Waals surface area contributed by atoms with Crippen molar-refractivity contribution in [2.24, 2.45) is 0 Å². The van der Waals surface area contributed by atoms with E-state index in [4.69, 9.17) is 21.1 Å². The average molecular weight is 523 g/mol. The Labute approximate surface area is 217 Å². The molecule has 0 aliphatic heterocycles. The molecule has 10 heteroatoms. The Balaban J connectivity index is 1.54. The lowest BCUT2D eigenvalue weighted by molar-refractivity contribution is -0.113. The Bertz CT molecular complexity index is 1340. The van der Waals surface area contributed by atoms with Crippen LogP contribution in [0.4, 0.5) is 5.69 Å². The molecule has 0 radical (unpaired) electrons. The van der Waals surface area contributed by atoms with E-state index in [0.29, 0.717) is 33.9 Å². The van der Waals surface area contributed by atoms with Crippen molar-refractivity contribution in [2.75, 3.05) is 24.8 Å². The Morgan fingerprint density at radius 1 is 0.972 bits per heavy atom. The van der Waals surface area contributed by atoms with Gasteiger partial charge in [-0.3, -0.25) is 9.36 Å². The zero-order valence-electron chi connectivity index (χ0n) is 19.6. The van der Waals surface area contributed by atoms with E-state index in [2.05, 4.69) is 15.5 Å². The number of carbonyl (C=O) groups is 2. The quantitative estimate of drug-likeness (QED) is 0.229. The van der Waals surface area contributed by atoms with Crippen LogP contribution in [-0.2, 0) is 9.53 Å². The van der Waals surface area contributed by atoms with Gasteiger partial charge in [-0.25, -0.2) is 4.79 Å². The summed E-state index contributed by atoms with van der Waals surface area (Å²) in [5.41, 5.74) is 2.64. The van der Waals surface area contributed by atoms with E-state index in [1.165, 1.54) is 18.9 Å². The lowest BCUT2D eigenvalue weighted by Gasteiger charge is -2.12. The van der Waals surface area contributed by atoms with Gasteiger partial charge in [0.15, 0.2) is 11.0 Å². The molecule has 4 rings (SSSR count). The van der Waals surface area contributed by atoms with Crippen LogP contribution in [0.3, 0.4) is 0 Å². The van der Waals surface area contributed by atoms with Crippen LogP contribution in [0.1, 0.15) is 17.3 Å². The van der Waals surface area contributed by atoms with E-state index < -0.39 is 5.97 Å². The van der Waals surface area contributed by atoms with Gasteiger partial charge in [0, 0.05) is 22.0 Å². The van der Waals surface area contributed by atoms with Crippen molar-refractivity contribution in [2.45, 2.75) is 12.1 Å². The van der Waals surface area contributed by atoms with Crippen LogP contribution >= 0.6 is 23.4 Å². The number of methoxy groups -OCH3 is 1. The average Bonchev–Trinajstić information content (AvgIpc) is 3.32. The number of halogens is 1. The summed E-state index contributed by atoms with van der Waals surface area (Å²) in [5.74, 6) is 0.828. The highest BCUT2D eigenvalue weighted by Crippen LogP contribution is 2.29. The molecule has 1 N–H and O–H groups in total. The van der Waals surface area contributed by atoms with Crippen molar-refractivity contribution in [3.63, 3.8) is 0 Å². The maximum absolute atomic E-state index is 12.6. The van der Waals surface area contributed by atoms with Crippen LogP contribution in [-0.4, -0.2) is 46.1 Å². The first-order valence-electron chi connectivity index (χ1n) is 11.0. The van der Waals surface area contributed by atoms with Gasteiger partial charge in [0.2, 0.25) is 5.91 Å². The van der Waals surface area contributed by atoms with Gasteiger partial charge < -0.3 is 14.8 Å². The monoisotopic (exact) mass is 522 g/mol. The molecular formula is C26H23ClN4O4S. The Morgan fingerprint density at radius 3 is 2.31 bits per heavy atom. The fourth-order valence-corrected chi connectivity index (χ4v) is 4.25. The van der Waals surface area contributed by atoms with Gasteiger partial charge in [0.1, 0.15) is 5.75 Å².